The van der Waals surface area contributed by atoms with Gasteiger partial charge in [0.1, 0.15) is 79.0 Å². The maximum absolute atomic E-state index is 12.2. The van der Waals surface area contributed by atoms with Crippen LogP contribution in [0.15, 0.2) is 322 Å². The molecule has 0 bridgehead atoms. The van der Waals surface area contributed by atoms with Gasteiger partial charge >= 0.3 is 5.97 Å². The summed E-state index contributed by atoms with van der Waals surface area (Å²) in [6.07, 6.45) is 16.5. The number of nitrogens with one attached hydrogen (secondary N) is 3. The van der Waals surface area contributed by atoms with E-state index in [-0.39, 0.29) is 29.3 Å². The van der Waals surface area contributed by atoms with E-state index < -0.39 is 5.92 Å². The molecule has 0 spiro atoms. The van der Waals surface area contributed by atoms with Crippen LogP contribution < -0.4 is 33.2 Å². The van der Waals surface area contributed by atoms with Crippen LogP contribution in [0.2, 0.25) is 0 Å². The molecule has 4 atom stereocenters. The number of esters is 1. The number of rotatable bonds is 40. The number of carbonyl (C=O) groups excluding carboxylic acids is 1. The van der Waals surface area contributed by atoms with Gasteiger partial charge in [-0.1, -0.05) is 225 Å². The molecule has 1 fully saturated rings. The molecular weight excluding hydrogens is 1770 g/mol. The summed E-state index contributed by atoms with van der Waals surface area (Å²) in [6, 6.07) is 108. The standard InChI is InChI=1S/C25H26N2O.C23H25N5O2.C23H22O4.C22H23N5O.C21H21N5O2/c26-18-17-25(14-3-4-15-25)16-13-20-7-11-23(12-8-20)28-19-22-10-9-21-5-1-2-6-24(21)27-22;1-2-5-20(14-15-23-25-27-28-26-23)30-21-12-10-19(11-13-21)29-16-18-9-8-17-6-3-4-7-22(17)24-18;1-26-23(25)22(19-9-11-20(24)12-10-19)15-17-7-13-21(14-8-17)27-16-18-5-3-2-4-6-18;1-16(13-22-24-26-27-25-22)9-10-17-5-4-7-20(14-17)28-15-19-12-11-18-6-2-3-8-21(18)23-19;1-15(6-13-21-23-25-26-24-21)28-19-11-9-18(10-12-19)27-14-17-8-7-16-4-2-3-5-20(16)22-17/h1-2,5-12H,3-4,13-17,19H2;3-4,6-13,20H,2,5,14-16H2,1H3,(H,25,26,27,28);2-14,22,24H,15-16H2,1H3;2-8,11-12,14,16H,9-10,13,15H2,1H3,(H,24,25,26,27);2-5,7-12,15H,6,13-14H2,1H3,(H,23,24,25,26). The highest BCUT2D eigenvalue weighted by molar-refractivity contribution is 5.81. The number of pyridine rings is 4. The lowest BCUT2D eigenvalue weighted by atomic mass is 9.78. The van der Waals surface area contributed by atoms with E-state index in [9.17, 15) is 9.90 Å². The zero-order valence-electron chi connectivity index (χ0n) is 79.8. The Morgan fingerprint density at radius 2 is 0.823 bits per heavy atom. The number of aromatic hydroxyl groups is 1. The third-order valence-electron chi connectivity index (χ3n) is 24.4. The molecular formula is C114H117N17O10. The highest BCUT2D eigenvalue weighted by Gasteiger charge is 2.33. The minimum absolute atomic E-state index is 0.0482. The van der Waals surface area contributed by atoms with Gasteiger partial charge in [0.15, 0.2) is 17.5 Å². The number of fused-ring (bicyclic) bond motifs is 4. The van der Waals surface area contributed by atoms with E-state index >= 15 is 0 Å². The van der Waals surface area contributed by atoms with Gasteiger partial charge in [-0.15, -0.1) is 30.6 Å². The molecule has 7 heterocycles. The molecule has 1 aliphatic carbocycles. The molecule has 4 N–H and O–H groups in total. The second kappa shape index (κ2) is 52.3. The van der Waals surface area contributed by atoms with E-state index in [4.69, 9.17) is 43.2 Å². The number of tetrazole rings is 3. The summed E-state index contributed by atoms with van der Waals surface area (Å²) in [5.74, 6) is 7.83. The Morgan fingerprint density at radius 3 is 1.29 bits per heavy atom. The number of H-pyrrole nitrogens is 3. The highest BCUT2D eigenvalue weighted by Crippen LogP contribution is 2.45. The van der Waals surface area contributed by atoms with E-state index in [1.807, 2.05) is 231 Å². The maximum atomic E-state index is 12.2. The molecule has 0 amide bonds. The Hall–Kier alpha value is -16.4. The molecule has 27 nitrogen and oxygen atoms in total. The van der Waals surface area contributed by atoms with Crippen LogP contribution in [0.5, 0.6) is 46.0 Å². The second-order valence-electron chi connectivity index (χ2n) is 35.1. The molecule has 7 aromatic heterocycles. The zero-order chi connectivity index (χ0) is 97.3. The molecule has 0 aliphatic heterocycles. The van der Waals surface area contributed by atoms with Crippen LogP contribution in [0.1, 0.15) is 165 Å². The Morgan fingerprint density at radius 1 is 0.397 bits per heavy atom. The van der Waals surface area contributed by atoms with Crippen molar-refractivity contribution in [2.45, 2.75) is 181 Å². The number of aryl methyl sites for hydroxylation is 4. The van der Waals surface area contributed by atoms with E-state index in [2.05, 4.69) is 175 Å². The molecule has 4 unspecified atom stereocenters. The Bertz CT molecular complexity index is 6840. The maximum Gasteiger partial charge on any atom is 0.313 e. The van der Waals surface area contributed by atoms with Crippen LogP contribution in [0.3, 0.4) is 0 Å². The average Bonchev–Trinajstić information content (AvgIpc) is 1.68. The van der Waals surface area contributed by atoms with Gasteiger partial charge in [0.05, 0.1) is 76.1 Å². The molecule has 18 aromatic rings. The van der Waals surface area contributed by atoms with Crippen molar-refractivity contribution in [2.75, 3.05) is 7.11 Å². The summed E-state index contributed by atoms with van der Waals surface area (Å²) in [4.78, 5) is 30.8. The smallest absolute Gasteiger partial charge is 0.313 e. The summed E-state index contributed by atoms with van der Waals surface area (Å²) in [5, 5.41) is 65.3. The van der Waals surface area contributed by atoms with Crippen molar-refractivity contribution in [1.29, 1.82) is 5.26 Å². The molecule has 0 saturated heterocycles. The summed E-state index contributed by atoms with van der Waals surface area (Å²) < 4.78 is 46.5. The number of nitrogens with zero attached hydrogens (tertiary/aromatic N) is 14. The number of hydrogen-bond acceptors (Lipinski definition) is 24. The fraction of sp³-hybridized carbons (Fsp3) is 0.272. The van der Waals surface area contributed by atoms with Gasteiger partial charge < -0.3 is 43.0 Å². The van der Waals surface area contributed by atoms with E-state index in [0.29, 0.717) is 63.4 Å². The number of benzene rings is 11. The Labute approximate surface area is 820 Å². The van der Waals surface area contributed by atoms with Gasteiger partial charge in [-0.3, -0.25) is 4.79 Å². The molecule has 1 saturated carbocycles. The van der Waals surface area contributed by atoms with Crippen LogP contribution in [0, 0.1) is 22.7 Å². The topological polar surface area (TPSA) is 350 Å². The average molecular weight is 1890 g/mol. The number of phenolic OH excluding ortho intramolecular Hbond substituents is 1. The quantitative estimate of drug-likeness (QED) is 0.0259. The summed E-state index contributed by atoms with van der Waals surface area (Å²) >= 11 is 0. The van der Waals surface area contributed by atoms with Crippen molar-refractivity contribution in [3.05, 3.63) is 390 Å². The first kappa shape index (κ1) is 99.1. The first-order chi connectivity index (χ1) is 69.2. The third kappa shape index (κ3) is 31.6. The predicted molar refractivity (Wildman–Crippen MR) is 543 cm³/mol. The summed E-state index contributed by atoms with van der Waals surface area (Å²) in [5.41, 5.74) is 13.4. The van der Waals surface area contributed by atoms with Gasteiger partial charge in [0.25, 0.3) is 0 Å². The van der Waals surface area contributed by atoms with Crippen molar-refractivity contribution in [3.8, 4) is 52.1 Å². The fourth-order valence-corrected chi connectivity index (χ4v) is 16.6. The molecule has 11 aromatic carbocycles. The molecule has 1 aliphatic rings. The van der Waals surface area contributed by atoms with Crippen LogP contribution in [-0.2, 0) is 81.1 Å². The van der Waals surface area contributed by atoms with Crippen LogP contribution >= 0.6 is 0 Å². The molecule has 718 valence electrons. The monoisotopic (exact) mass is 1880 g/mol. The number of nitriles is 1. The zero-order valence-corrected chi connectivity index (χ0v) is 79.8. The van der Waals surface area contributed by atoms with Gasteiger partial charge in [-0.25, -0.2) is 19.9 Å². The van der Waals surface area contributed by atoms with Crippen LogP contribution in [0.25, 0.3) is 43.6 Å². The van der Waals surface area contributed by atoms with Crippen molar-refractivity contribution in [1.82, 2.24) is 81.8 Å². The first-order valence-electron chi connectivity index (χ1n) is 48.0. The number of hydrogen-bond donors (Lipinski definition) is 4. The van der Waals surface area contributed by atoms with Gasteiger partial charge in [0.2, 0.25) is 0 Å². The van der Waals surface area contributed by atoms with Crippen molar-refractivity contribution in [2.24, 2.45) is 11.3 Å². The number of para-hydroxylation sites is 4. The number of phenols is 1. The lowest BCUT2D eigenvalue weighted by Gasteiger charge is -2.26. The highest BCUT2D eigenvalue weighted by atomic mass is 16.5. The van der Waals surface area contributed by atoms with Crippen molar-refractivity contribution in [3.63, 3.8) is 0 Å². The Balaban J connectivity index is 0.000000133. The normalized spacial score (nSPS) is 12.6. The van der Waals surface area contributed by atoms with Crippen molar-refractivity contribution < 1.29 is 47.8 Å². The molecule has 141 heavy (non-hydrogen) atoms. The largest absolute Gasteiger partial charge is 0.508 e. The number of ether oxygens (including phenoxy) is 8. The second-order valence-corrected chi connectivity index (χ2v) is 35.1. The lowest BCUT2D eigenvalue weighted by molar-refractivity contribution is -0.142. The van der Waals surface area contributed by atoms with E-state index in [0.717, 1.165) is 200 Å². The van der Waals surface area contributed by atoms with E-state index in [1.54, 1.807) is 24.3 Å². The van der Waals surface area contributed by atoms with Gasteiger partial charge in [0, 0.05) is 47.2 Å². The minimum atomic E-state index is -0.424. The summed E-state index contributed by atoms with van der Waals surface area (Å²) in [7, 11) is 1.39. The number of carbonyl (C=O) groups is 1. The summed E-state index contributed by atoms with van der Waals surface area (Å²) in [6.45, 7) is 8.68. The minimum Gasteiger partial charge on any atom is -0.508 e. The number of aromatic amines is 3. The van der Waals surface area contributed by atoms with Crippen molar-refractivity contribution >= 4 is 49.6 Å². The Kier molecular flexibility index (Phi) is 36.7. The van der Waals surface area contributed by atoms with Gasteiger partial charge in [-0.05, 0) is 256 Å². The first-order valence-corrected chi connectivity index (χ1v) is 48.0. The lowest BCUT2D eigenvalue weighted by Crippen LogP contribution is -2.17. The van der Waals surface area contributed by atoms with E-state index in [1.165, 1.54) is 43.9 Å². The predicted octanol–water partition coefficient (Wildman–Crippen LogP) is 23.1. The van der Waals surface area contributed by atoms with Crippen LogP contribution in [-0.4, -0.2) is 112 Å². The SMILES string of the molecule is CC(CCc1cccc(OCc2ccc3ccccc3n2)c1)Cc1nn[nH]n1.CC(CCc1nn[nH]n1)Oc1ccc(OCc2ccc3ccccc3n2)cc1.CCCC(CCc1nn[nH]n1)Oc1ccc(OCc2ccc3ccccc3n2)cc1.COC(=O)C(Cc1ccc(OCc2ccccc2)cc1)c1ccc(O)cc1.N#CCC1(CCc2ccc(OCc3ccc4ccccc4n3)cc2)CCCC1. The molecule has 0 radical (unpaired) electrons. The number of aromatic nitrogens is 16. The fourth-order valence-electron chi connectivity index (χ4n) is 16.6. The molecule has 19 rings (SSSR count). The van der Waals surface area contributed by atoms with Gasteiger partial charge in [-0.2, -0.15) is 20.9 Å². The molecule has 27 heteroatoms. The van der Waals surface area contributed by atoms with Crippen LogP contribution in [0.4, 0.5) is 0 Å². The number of methoxy groups -OCH3 is 1. The third-order valence-corrected chi connectivity index (χ3v) is 24.4.